The normalized spacial score (nSPS) is 23.3. The van der Waals surface area contributed by atoms with Gasteiger partial charge in [0.2, 0.25) is 0 Å². The summed E-state index contributed by atoms with van der Waals surface area (Å²) in [5.74, 6) is 0. The molecule has 0 unspecified atom stereocenters. The van der Waals surface area contributed by atoms with Gasteiger partial charge >= 0.3 is 0 Å². The maximum Gasteiger partial charge on any atom is 0.185 e. The van der Waals surface area contributed by atoms with Crippen LogP contribution in [0.1, 0.15) is 29.0 Å². The molecule has 1 N–H and O–H groups in total. The van der Waals surface area contributed by atoms with Crippen molar-refractivity contribution in [2.45, 2.75) is 31.4 Å². The highest BCUT2D eigenvalue weighted by Crippen LogP contribution is 2.40. The first kappa shape index (κ1) is 16.7. The maximum atomic E-state index is 6.25. The Bertz CT molecular complexity index is 746. The predicted molar refractivity (Wildman–Crippen MR) is 99.6 cm³/mol. The van der Waals surface area contributed by atoms with Gasteiger partial charge in [0, 0.05) is 43.8 Å². The molecule has 3 aliphatic rings. The second-order valence-electron chi connectivity index (χ2n) is 7.35. The lowest BCUT2D eigenvalue weighted by molar-refractivity contribution is -0.101. The van der Waals surface area contributed by atoms with Crippen molar-refractivity contribution in [2.24, 2.45) is 0 Å². The molecule has 2 aromatic heterocycles. The van der Waals surface area contributed by atoms with E-state index < -0.39 is 0 Å². The third-order valence-corrected chi connectivity index (χ3v) is 6.83. The highest BCUT2D eigenvalue weighted by Gasteiger charge is 2.42. The molecule has 2 aromatic rings. The number of nitrogens with zero attached hydrogens (tertiary/aromatic N) is 4. The van der Waals surface area contributed by atoms with Gasteiger partial charge in [0.15, 0.2) is 5.13 Å². The molecule has 3 aliphatic heterocycles. The summed E-state index contributed by atoms with van der Waals surface area (Å²) in [5.41, 5.74) is 2.41. The highest BCUT2D eigenvalue weighted by molar-refractivity contribution is 7.15. The number of aromatic nitrogens is 3. The molecule has 1 spiro atoms. The highest BCUT2D eigenvalue weighted by atomic mass is 32.1. The van der Waals surface area contributed by atoms with Crippen LogP contribution in [-0.4, -0.2) is 66.1 Å². The van der Waals surface area contributed by atoms with E-state index in [1.54, 1.807) is 0 Å². The molecule has 5 heterocycles. The zero-order valence-corrected chi connectivity index (χ0v) is 15.8. The number of ether oxygens (including phenoxy) is 2. The standard InChI is InChI=1S/C18H25N5O2S/c1-8-25-18(16-14(1)11-20-21-16)2-4-22(5-3-18)13-15-12-19-17(26-15)23-6-9-24-10-7-23/h11-12H,1-10,13H2,(H,20,21). The molecule has 140 valence electrons. The molecule has 5 rings (SSSR count). The number of nitrogens with one attached hydrogen (secondary N) is 1. The molecule has 26 heavy (non-hydrogen) atoms. The number of morpholine rings is 1. The van der Waals surface area contributed by atoms with Gasteiger partial charge in [-0.05, 0) is 24.8 Å². The van der Waals surface area contributed by atoms with E-state index >= 15 is 0 Å². The predicted octanol–water partition coefficient (Wildman–Crippen LogP) is 1.77. The van der Waals surface area contributed by atoms with Gasteiger partial charge in [-0.3, -0.25) is 10.00 Å². The van der Waals surface area contributed by atoms with Gasteiger partial charge in [-0.25, -0.2) is 4.98 Å². The fraction of sp³-hybridized carbons (Fsp3) is 0.667. The number of hydrogen-bond acceptors (Lipinski definition) is 7. The second kappa shape index (κ2) is 6.92. The Morgan fingerprint density at radius 1 is 1.12 bits per heavy atom. The minimum Gasteiger partial charge on any atom is -0.378 e. The zero-order chi connectivity index (χ0) is 17.4. The molecule has 0 bridgehead atoms. The van der Waals surface area contributed by atoms with Crippen LogP contribution in [0.25, 0.3) is 0 Å². The number of piperidine rings is 1. The molecule has 0 aromatic carbocycles. The number of anilines is 1. The number of H-pyrrole nitrogens is 1. The van der Waals surface area contributed by atoms with Crippen LogP contribution >= 0.6 is 11.3 Å². The molecule has 0 saturated carbocycles. The summed E-state index contributed by atoms with van der Waals surface area (Å²) in [4.78, 5) is 10.8. The van der Waals surface area contributed by atoms with Crippen molar-refractivity contribution in [2.75, 3.05) is 50.9 Å². The molecular formula is C18H25N5O2S. The van der Waals surface area contributed by atoms with Crippen LogP contribution in [0.3, 0.4) is 0 Å². The summed E-state index contributed by atoms with van der Waals surface area (Å²) < 4.78 is 11.7. The van der Waals surface area contributed by atoms with Crippen molar-refractivity contribution >= 4 is 16.5 Å². The van der Waals surface area contributed by atoms with Crippen molar-refractivity contribution in [1.29, 1.82) is 0 Å². The van der Waals surface area contributed by atoms with Crippen LogP contribution in [-0.2, 0) is 28.0 Å². The lowest BCUT2D eigenvalue weighted by Crippen LogP contribution is -2.46. The van der Waals surface area contributed by atoms with Crippen LogP contribution in [0.2, 0.25) is 0 Å². The van der Waals surface area contributed by atoms with Gasteiger partial charge in [-0.2, -0.15) is 5.10 Å². The van der Waals surface area contributed by atoms with E-state index in [4.69, 9.17) is 9.47 Å². The number of thiazole rings is 1. The first-order valence-corrected chi connectivity index (χ1v) is 10.3. The number of likely N-dealkylation sites (tertiary alicyclic amines) is 1. The van der Waals surface area contributed by atoms with Crippen LogP contribution < -0.4 is 4.90 Å². The molecule has 7 nitrogen and oxygen atoms in total. The van der Waals surface area contributed by atoms with Crippen molar-refractivity contribution < 1.29 is 9.47 Å². The van der Waals surface area contributed by atoms with E-state index in [-0.39, 0.29) is 5.60 Å². The van der Waals surface area contributed by atoms with Crippen molar-refractivity contribution in [3.8, 4) is 0 Å². The minimum atomic E-state index is -0.146. The van der Waals surface area contributed by atoms with Crippen molar-refractivity contribution in [3.63, 3.8) is 0 Å². The van der Waals surface area contributed by atoms with Gasteiger partial charge in [0.1, 0.15) is 5.60 Å². The summed E-state index contributed by atoms with van der Waals surface area (Å²) in [5, 5.41) is 8.59. The Morgan fingerprint density at radius 2 is 1.96 bits per heavy atom. The molecule has 2 saturated heterocycles. The monoisotopic (exact) mass is 375 g/mol. The summed E-state index contributed by atoms with van der Waals surface area (Å²) in [6.45, 7) is 7.38. The molecule has 0 radical (unpaired) electrons. The topological polar surface area (TPSA) is 66.5 Å². The Hall–Kier alpha value is -1.48. The van der Waals surface area contributed by atoms with E-state index in [0.29, 0.717) is 0 Å². The van der Waals surface area contributed by atoms with Gasteiger partial charge in [0.05, 0.1) is 31.7 Å². The van der Waals surface area contributed by atoms with Crippen molar-refractivity contribution in [3.05, 3.63) is 28.5 Å². The Balaban J connectivity index is 1.21. The molecular weight excluding hydrogens is 350 g/mol. The fourth-order valence-corrected chi connectivity index (χ4v) is 5.29. The molecule has 8 heteroatoms. The zero-order valence-electron chi connectivity index (χ0n) is 14.9. The second-order valence-corrected chi connectivity index (χ2v) is 8.44. The summed E-state index contributed by atoms with van der Waals surface area (Å²) in [6, 6.07) is 0. The van der Waals surface area contributed by atoms with Gasteiger partial charge in [0.25, 0.3) is 0 Å². The average Bonchev–Trinajstić information content (AvgIpc) is 3.35. The molecule has 0 aliphatic carbocycles. The SMILES string of the molecule is c1nc(N2CCOCC2)sc1CN1CCC2(CC1)OCCc1cn[nH]c12. The molecule has 0 atom stereocenters. The Morgan fingerprint density at radius 3 is 2.81 bits per heavy atom. The van der Waals surface area contributed by atoms with Crippen LogP contribution in [0.5, 0.6) is 0 Å². The third kappa shape index (κ3) is 3.05. The number of rotatable bonds is 3. The third-order valence-electron chi connectivity index (χ3n) is 5.79. The average molecular weight is 375 g/mol. The van der Waals surface area contributed by atoms with E-state index in [0.717, 1.165) is 76.9 Å². The quantitative estimate of drug-likeness (QED) is 0.882. The summed E-state index contributed by atoms with van der Waals surface area (Å²) in [6.07, 6.45) is 7.04. The van der Waals surface area contributed by atoms with E-state index in [9.17, 15) is 0 Å². The summed E-state index contributed by atoms with van der Waals surface area (Å²) >= 11 is 1.82. The first-order chi connectivity index (χ1) is 12.8. The van der Waals surface area contributed by atoms with E-state index in [1.165, 1.54) is 16.1 Å². The van der Waals surface area contributed by atoms with E-state index in [2.05, 4.69) is 25.0 Å². The maximum absolute atomic E-state index is 6.25. The Kier molecular flexibility index (Phi) is 4.44. The van der Waals surface area contributed by atoms with Gasteiger partial charge < -0.3 is 14.4 Å². The Labute approximate surface area is 157 Å². The molecule has 2 fully saturated rings. The largest absolute Gasteiger partial charge is 0.378 e. The number of fused-ring (bicyclic) bond motifs is 2. The smallest absolute Gasteiger partial charge is 0.185 e. The first-order valence-electron chi connectivity index (χ1n) is 9.49. The van der Waals surface area contributed by atoms with Crippen LogP contribution in [0.15, 0.2) is 12.4 Å². The molecule has 0 amide bonds. The van der Waals surface area contributed by atoms with E-state index in [1.807, 2.05) is 23.7 Å². The van der Waals surface area contributed by atoms with Crippen molar-refractivity contribution in [1.82, 2.24) is 20.1 Å². The van der Waals surface area contributed by atoms with Gasteiger partial charge in [-0.1, -0.05) is 0 Å². The summed E-state index contributed by atoms with van der Waals surface area (Å²) in [7, 11) is 0. The van der Waals surface area contributed by atoms with Gasteiger partial charge in [-0.15, -0.1) is 11.3 Å². The van der Waals surface area contributed by atoms with Crippen LogP contribution in [0.4, 0.5) is 5.13 Å². The minimum absolute atomic E-state index is 0.146. The number of hydrogen-bond donors (Lipinski definition) is 1. The lowest BCUT2D eigenvalue weighted by atomic mass is 9.84. The van der Waals surface area contributed by atoms with Crippen LogP contribution in [0, 0.1) is 0 Å². The lowest BCUT2D eigenvalue weighted by Gasteiger charge is -2.43. The fourth-order valence-electron chi connectivity index (χ4n) is 4.28. The number of aromatic amines is 1.